The molecule has 2 N–H and O–H groups in total. The lowest BCUT2D eigenvalue weighted by atomic mass is 10.1. The average Bonchev–Trinajstić information content (AvgIpc) is 2.71. The van der Waals surface area contributed by atoms with Crippen molar-refractivity contribution in [2.45, 2.75) is 0 Å². The maximum Gasteiger partial charge on any atom is 0.248 e. The van der Waals surface area contributed by atoms with Crippen molar-refractivity contribution in [3.63, 3.8) is 0 Å². The van der Waals surface area contributed by atoms with Crippen LogP contribution in [0.5, 0.6) is 0 Å². The molecule has 0 aliphatic heterocycles. The molecule has 4 heteroatoms. The highest BCUT2D eigenvalue weighted by atomic mass is 32.1. The Morgan fingerprint density at radius 3 is 2.43 bits per heavy atom. The summed E-state index contributed by atoms with van der Waals surface area (Å²) in [5.74, 6) is -0.402. The van der Waals surface area contributed by atoms with E-state index in [2.05, 4.69) is 4.37 Å². The predicted octanol–water partition coefficient (Wildman–Crippen LogP) is 1.91. The van der Waals surface area contributed by atoms with Gasteiger partial charge in [0, 0.05) is 11.8 Å². The van der Waals surface area contributed by atoms with Gasteiger partial charge in [0.1, 0.15) is 0 Å². The quantitative estimate of drug-likeness (QED) is 0.812. The molecule has 1 heterocycles. The number of nitrogens with zero attached hydrogens (tertiary/aromatic N) is 1. The first-order chi connectivity index (χ1) is 6.77. The fourth-order valence-electron chi connectivity index (χ4n) is 1.16. The maximum atomic E-state index is 10.8. The Kier molecular flexibility index (Phi) is 2.28. The number of rotatable bonds is 2. The van der Waals surface area contributed by atoms with E-state index in [1.807, 2.05) is 18.2 Å². The SMILES string of the molecule is NC(=O)c1ccc(-c2ccns2)cc1. The number of primary amides is 1. The summed E-state index contributed by atoms with van der Waals surface area (Å²) in [5, 5.41) is 0. The number of amides is 1. The number of aromatic nitrogens is 1. The first-order valence-corrected chi connectivity index (χ1v) is 4.85. The topological polar surface area (TPSA) is 56.0 Å². The fraction of sp³-hybridized carbons (Fsp3) is 0. The molecule has 2 aromatic rings. The summed E-state index contributed by atoms with van der Waals surface area (Å²) in [4.78, 5) is 11.9. The van der Waals surface area contributed by atoms with Crippen LogP contribution in [0.15, 0.2) is 36.5 Å². The Balaban J connectivity index is 2.36. The van der Waals surface area contributed by atoms with E-state index in [0.29, 0.717) is 5.56 Å². The van der Waals surface area contributed by atoms with E-state index >= 15 is 0 Å². The van der Waals surface area contributed by atoms with E-state index in [-0.39, 0.29) is 0 Å². The van der Waals surface area contributed by atoms with Crippen molar-refractivity contribution in [1.82, 2.24) is 4.37 Å². The van der Waals surface area contributed by atoms with Gasteiger partial charge in [-0.1, -0.05) is 12.1 Å². The first-order valence-electron chi connectivity index (χ1n) is 4.08. The summed E-state index contributed by atoms with van der Waals surface area (Å²) in [5.41, 5.74) is 6.71. The second kappa shape index (κ2) is 3.59. The molecule has 0 bridgehead atoms. The maximum absolute atomic E-state index is 10.8. The molecule has 0 unspecified atom stereocenters. The molecule has 0 aliphatic carbocycles. The van der Waals surface area contributed by atoms with Gasteiger partial charge < -0.3 is 5.73 Å². The van der Waals surface area contributed by atoms with Gasteiger partial charge >= 0.3 is 0 Å². The van der Waals surface area contributed by atoms with Crippen molar-refractivity contribution < 1.29 is 4.79 Å². The van der Waals surface area contributed by atoms with Crippen LogP contribution in [0, 0.1) is 0 Å². The Labute approximate surface area is 85.4 Å². The van der Waals surface area contributed by atoms with Crippen molar-refractivity contribution in [3.8, 4) is 10.4 Å². The van der Waals surface area contributed by atoms with Gasteiger partial charge in [0.05, 0.1) is 4.88 Å². The molecule has 2 rings (SSSR count). The normalized spacial score (nSPS) is 10.0. The second-order valence-electron chi connectivity index (χ2n) is 2.82. The molecule has 3 nitrogen and oxygen atoms in total. The Hall–Kier alpha value is -1.68. The molecule has 0 saturated carbocycles. The van der Waals surface area contributed by atoms with Crippen LogP contribution in [0.1, 0.15) is 10.4 Å². The third-order valence-electron chi connectivity index (χ3n) is 1.89. The summed E-state index contributed by atoms with van der Waals surface area (Å²) >= 11 is 1.42. The van der Waals surface area contributed by atoms with Crippen LogP contribution >= 0.6 is 11.5 Å². The number of hydrogen-bond acceptors (Lipinski definition) is 3. The molecule has 1 aromatic carbocycles. The first kappa shape index (κ1) is 8.90. The molecule has 0 atom stereocenters. The van der Waals surface area contributed by atoms with Crippen molar-refractivity contribution in [2.75, 3.05) is 0 Å². The van der Waals surface area contributed by atoms with Gasteiger partial charge in [-0.3, -0.25) is 4.79 Å². The van der Waals surface area contributed by atoms with Crippen LogP contribution in [0.2, 0.25) is 0 Å². The number of nitrogens with two attached hydrogens (primary N) is 1. The number of carbonyl (C=O) groups excluding carboxylic acids is 1. The Bertz CT molecular complexity index is 434. The largest absolute Gasteiger partial charge is 0.366 e. The van der Waals surface area contributed by atoms with Crippen molar-refractivity contribution in [3.05, 3.63) is 42.1 Å². The van der Waals surface area contributed by atoms with E-state index in [4.69, 9.17) is 5.73 Å². The van der Waals surface area contributed by atoms with Crippen LogP contribution in [-0.4, -0.2) is 10.3 Å². The molecule has 0 saturated heterocycles. The van der Waals surface area contributed by atoms with Crippen LogP contribution in [0.3, 0.4) is 0 Å². The fourth-order valence-corrected chi connectivity index (χ4v) is 1.76. The lowest BCUT2D eigenvalue weighted by molar-refractivity contribution is 0.100. The zero-order chi connectivity index (χ0) is 9.97. The molecule has 1 aromatic heterocycles. The highest BCUT2D eigenvalue weighted by Gasteiger charge is 2.02. The molecule has 0 fully saturated rings. The van der Waals surface area contributed by atoms with Gasteiger partial charge in [-0.15, -0.1) is 0 Å². The summed E-state index contributed by atoms with van der Waals surface area (Å²) in [6.07, 6.45) is 1.75. The Morgan fingerprint density at radius 2 is 1.93 bits per heavy atom. The van der Waals surface area contributed by atoms with Gasteiger partial charge in [0.2, 0.25) is 5.91 Å². The molecular weight excluding hydrogens is 196 g/mol. The molecule has 0 radical (unpaired) electrons. The molecule has 14 heavy (non-hydrogen) atoms. The van der Waals surface area contributed by atoms with Gasteiger partial charge in [-0.25, -0.2) is 4.37 Å². The van der Waals surface area contributed by atoms with Crippen LogP contribution in [-0.2, 0) is 0 Å². The van der Waals surface area contributed by atoms with E-state index in [1.165, 1.54) is 11.5 Å². The average molecular weight is 204 g/mol. The van der Waals surface area contributed by atoms with E-state index in [0.717, 1.165) is 10.4 Å². The van der Waals surface area contributed by atoms with E-state index in [1.54, 1.807) is 18.3 Å². The highest BCUT2D eigenvalue weighted by Crippen LogP contribution is 2.22. The summed E-state index contributed by atoms with van der Waals surface area (Å²) in [6, 6.07) is 9.11. The van der Waals surface area contributed by atoms with Crippen LogP contribution in [0.25, 0.3) is 10.4 Å². The zero-order valence-electron chi connectivity index (χ0n) is 7.31. The third kappa shape index (κ3) is 1.65. The summed E-state index contributed by atoms with van der Waals surface area (Å²) < 4.78 is 4.01. The number of carbonyl (C=O) groups is 1. The molecule has 0 spiro atoms. The van der Waals surface area contributed by atoms with Crippen LogP contribution in [0.4, 0.5) is 0 Å². The lowest BCUT2D eigenvalue weighted by Crippen LogP contribution is -2.10. The van der Waals surface area contributed by atoms with Gasteiger partial charge in [0.25, 0.3) is 0 Å². The smallest absolute Gasteiger partial charge is 0.248 e. The summed E-state index contributed by atoms with van der Waals surface area (Å²) in [7, 11) is 0. The highest BCUT2D eigenvalue weighted by molar-refractivity contribution is 7.09. The van der Waals surface area contributed by atoms with Crippen molar-refractivity contribution >= 4 is 17.4 Å². The molecule has 0 aliphatic rings. The standard InChI is InChI=1S/C10H8N2OS/c11-10(13)8-3-1-7(2-4-8)9-5-6-12-14-9/h1-6H,(H2,11,13). The molecule has 1 amide bonds. The van der Waals surface area contributed by atoms with Crippen molar-refractivity contribution in [1.29, 1.82) is 0 Å². The summed E-state index contributed by atoms with van der Waals surface area (Å²) in [6.45, 7) is 0. The lowest BCUT2D eigenvalue weighted by Gasteiger charge is -1.97. The minimum Gasteiger partial charge on any atom is -0.366 e. The molecule has 70 valence electrons. The zero-order valence-corrected chi connectivity index (χ0v) is 8.12. The number of benzene rings is 1. The third-order valence-corrected chi connectivity index (χ3v) is 2.69. The van der Waals surface area contributed by atoms with E-state index in [9.17, 15) is 4.79 Å². The number of hydrogen-bond donors (Lipinski definition) is 1. The molecular formula is C10H8N2OS. The minimum absolute atomic E-state index is 0.402. The van der Waals surface area contributed by atoms with Crippen molar-refractivity contribution in [2.24, 2.45) is 5.73 Å². The van der Waals surface area contributed by atoms with Gasteiger partial charge in [0.15, 0.2) is 0 Å². The van der Waals surface area contributed by atoms with E-state index < -0.39 is 5.91 Å². The minimum atomic E-state index is -0.402. The second-order valence-corrected chi connectivity index (χ2v) is 3.65. The predicted molar refractivity (Wildman–Crippen MR) is 56.1 cm³/mol. The van der Waals surface area contributed by atoms with Gasteiger partial charge in [-0.2, -0.15) is 0 Å². The van der Waals surface area contributed by atoms with Crippen LogP contribution < -0.4 is 5.73 Å². The Morgan fingerprint density at radius 1 is 1.21 bits per heavy atom. The van der Waals surface area contributed by atoms with Gasteiger partial charge in [-0.05, 0) is 35.3 Å². The monoisotopic (exact) mass is 204 g/mol.